The molecule has 116 valence electrons. The summed E-state index contributed by atoms with van der Waals surface area (Å²) in [6.45, 7) is -0.0792. The molecule has 0 spiro atoms. The Balaban J connectivity index is 2.25. The minimum atomic E-state index is -0.486. The van der Waals surface area contributed by atoms with Crippen molar-refractivity contribution < 1.29 is 4.42 Å². The minimum Gasteiger partial charge on any atom is -0.465 e. The lowest BCUT2D eigenvalue weighted by Gasteiger charge is -2.05. The van der Waals surface area contributed by atoms with Crippen LogP contribution in [0, 0.1) is 12.3 Å². The molecule has 0 aromatic carbocycles. The van der Waals surface area contributed by atoms with Gasteiger partial charge >= 0.3 is 5.69 Å². The van der Waals surface area contributed by atoms with Gasteiger partial charge < -0.3 is 8.98 Å². The van der Waals surface area contributed by atoms with Crippen molar-refractivity contribution >= 4 is 23.3 Å². The van der Waals surface area contributed by atoms with Gasteiger partial charge in [-0.15, -0.1) is 6.42 Å². The highest BCUT2D eigenvalue weighted by Crippen LogP contribution is 2.12. The van der Waals surface area contributed by atoms with Gasteiger partial charge in [-0.3, -0.25) is 9.36 Å². The Morgan fingerprint density at radius 3 is 2.74 bits per heavy atom. The molecule has 0 fully saturated rings. The molecule has 0 amide bonds. The van der Waals surface area contributed by atoms with E-state index in [-0.39, 0.29) is 6.54 Å². The summed E-state index contributed by atoms with van der Waals surface area (Å²) in [6, 6.07) is 3.57. The number of fused-ring (bicyclic) bond motifs is 1. The molecule has 0 bridgehead atoms. The number of furan rings is 1. The van der Waals surface area contributed by atoms with Crippen molar-refractivity contribution in [3.8, 4) is 12.3 Å². The van der Waals surface area contributed by atoms with Gasteiger partial charge in [0.1, 0.15) is 11.6 Å². The van der Waals surface area contributed by atoms with Gasteiger partial charge in [0, 0.05) is 14.1 Å². The maximum absolute atomic E-state index is 12.5. The number of hydrogen-bond acceptors (Lipinski definition) is 4. The molecule has 3 rings (SSSR count). The topological polar surface area (TPSA) is 75.0 Å². The van der Waals surface area contributed by atoms with Crippen molar-refractivity contribution in [3.05, 3.63) is 50.8 Å². The van der Waals surface area contributed by atoms with Crippen molar-refractivity contribution in [2.45, 2.75) is 6.54 Å². The highest BCUT2D eigenvalue weighted by atomic mass is 16.3. The molecule has 0 saturated heterocycles. The fraction of sp³-hybridized carbons (Fsp3) is 0.188. The van der Waals surface area contributed by atoms with Crippen LogP contribution in [0.4, 0.5) is 0 Å². The minimum absolute atomic E-state index is 0.0792. The number of rotatable bonds is 3. The van der Waals surface area contributed by atoms with E-state index in [2.05, 4.69) is 10.9 Å². The number of hydrogen-bond donors (Lipinski definition) is 0. The first-order valence-corrected chi connectivity index (χ1v) is 6.86. The lowest BCUT2D eigenvalue weighted by Crippen LogP contribution is -2.39. The molecular weight excluding hydrogens is 296 g/mol. The van der Waals surface area contributed by atoms with Gasteiger partial charge in [0.25, 0.3) is 5.56 Å². The molecule has 23 heavy (non-hydrogen) atoms. The van der Waals surface area contributed by atoms with E-state index in [1.165, 1.54) is 4.57 Å². The summed E-state index contributed by atoms with van der Waals surface area (Å²) in [5.74, 6) is 3.51. The third kappa shape index (κ3) is 2.30. The molecule has 0 saturated carbocycles. The van der Waals surface area contributed by atoms with E-state index >= 15 is 0 Å². The molecule has 0 aliphatic carbocycles. The second-order valence-electron chi connectivity index (χ2n) is 4.99. The largest absolute Gasteiger partial charge is 0.465 e. The third-order valence-corrected chi connectivity index (χ3v) is 3.58. The first-order chi connectivity index (χ1) is 11.0. The third-order valence-electron chi connectivity index (χ3n) is 3.58. The van der Waals surface area contributed by atoms with Crippen LogP contribution in [0.25, 0.3) is 23.3 Å². The van der Waals surface area contributed by atoms with Crippen LogP contribution in [0.5, 0.6) is 0 Å². The van der Waals surface area contributed by atoms with Gasteiger partial charge in [-0.05, 0) is 24.3 Å². The standard InChI is InChI=1S/C16H14N4O3/c1-4-9-20-15(21)13-14(19(3)16(20)22)17-12(18(13)2)8-7-11-6-5-10-23-11/h1,5-8,10H,9H2,2-3H3/b8-7+. The average molecular weight is 310 g/mol. The Morgan fingerprint density at radius 1 is 1.30 bits per heavy atom. The lowest BCUT2D eigenvalue weighted by atomic mass is 10.4. The molecule has 3 aromatic heterocycles. The van der Waals surface area contributed by atoms with Gasteiger partial charge in [-0.2, -0.15) is 0 Å². The second kappa shape index (κ2) is 5.50. The van der Waals surface area contributed by atoms with Gasteiger partial charge in [-0.25, -0.2) is 14.3 Å². The number of imidazole rings is 1. The predicted molar refractivity (Wildman–Crippen MR) is 86.7 cm³/mol. The van der Waals surface area contributed by atoms with Crippen LogP contribution in [0.15, 0.2) is 32.4 Å². The fourth-order valence-corrected chi connectivity index (χ4v) is 2.38. The summed E-state index contributed by atoms with van der Waals surface area (Å²) in [6.07, 6.45) is 10.3. The van der Waals surface area contributed by atoms with Crippen LogP contribution in [0.3, 0.4) is 0 Å². The Bertz CT molecular complexity index is 1060. The summed E-state index contributed by atoms with van der Waals surface area (Å²) in [5.41, 5.74) is -0.301. The van der Waals surface area contributed by atoms with Crippen molar-refractivity contribution in [2.24, 2.45) is 14.1 Å². The van der Waals surface area contributed by atoms with Crippen molar-refractivity contribution in [2.75, 3.05) is 0 Å². The highest BCUT2D eigenvalue weighted by Gasteiger charge is 2.16. The molecule has 0 unspecified atom stereocenters. The maximum Gasteiger partial charge on any atom is 0.333 e. The molecule has 7 heteroatoms. The maximum atomic E-state index is 12.5. The highest BCUT2D eigenvalue weighted by molar-refractivity contribution is 5.75. The van der Waals surface area contributed by atoms with E-state index in [0.29, 0.717) is 22.7 Å². The molecule has 0 aliphatic heterocycles. The zero-order chi connectivity index (χ0) is 16.6. The molecule has 0 aliphatic rings. The molecule has 0 atom stereocenters. The summed E-state index contributed by atoms with van der Waals surface area (Å²) in [5, 5.41) is 0. The monoisotopic (exact) mass is 310 g/mol. The van der Waals surface area contributed by atoms with Gasteiger partial charge in [0.15, 0.2) is 11.2 Å². The zero-order valence-electron chi connectivity index (χ0n) is 12.7. The Morgan fingerprint density at radius 2 is 2.09 bits per heavy atom. The van der Waals surface area contributed by atoms with E-state index in [1.54, 1.807) is 49.2 Å². The van der Waals surface area contributed by atoms with Gasteiger partial charge in [-0.1, -0.05) is 5.92 Å². The smallest absolute Gasteiger partial charge is 0.333 e. The van der Waals surface area contributed by atoms with Crippen molar-refractivity contribution in [1.29, 1.82) is 0 Å². The first kappa shape index (κ1) is 14.7. The predicted octanol–water partition coefficient (Wildman–Crippen LogP) is 0.830. The summed E-state index contributed by atoms with van der Waals surface area (Å²) >= 11 is 0. The van der Waals surface area contributed by atoms with Gasteiger partial charge in [0.2, 0.25) is 0 Å². The molecular formula is C16H14N4O3. The van der Waals surface area contributed by atoms with E-state index in [1.807, 2.05) is 0 Å². The lowest BCUT2D eigenvalue weighted by molar-refractivity contribution is 0.557. The van der Waals surface area contributed by atoms with E-state index in [9.17, 15) is 9.59 Å². The Labute approximate surface area is 131 Å². The van der Waals surface area contributed by atoms with Crippen LogP contribution in [0.2, 0.25) is 0 Å². The van der Waals surface area contributed by atoms with Crippen LogP contribution in [0.1, 0.15) is 11.6 Å². The summed E-state index contributed by atoms with van der Waals surface area (Å²) in [7, 11) is 3.27. The van der Waals surface area contributed by atoms with Gasteiger partial charge in [0.05, 0.1) is 12.8 Å². The fourth-order valence-electron chi connectivity index (χ4n) is 2.38. The molecule has 7 nitrogen and oxygen atoms in total. The van der Waals surface area contributed by atoms with Crippen LogP contribution >= 0.6 is 0 Å². The van der Waals surface area contributed by atoms with E-state index in [0.717, 1.165) is 4.57 Å². The van der Waals surface area contributed by atoms with Crippen molar-refractivity contribution in [3.63, 3.8) is 0 Å². The normalized spacial score (nSPS) is 11.3. The second-order valence-corrected chi connectivity index (χ2v) is 4.99. The molecule has 0 N–H and O–H groups in total. The summed E-state index contributed by atoms with van der Waals surface area (Å²) in [4.78, 5) is 29.1. The molecule has 3 aromatic rings. The van der Waals surface area contributed by atoms with Crippen molar-refractivity contribution in [1.82, 2.24) is 18.7 Å². The van der Waals surface area contributed by atoms with Crippen LogP contribution < -0.4 is 11.2 Å². The molecule has 0 radical (unpaired) electrons. The van der Waals surface area contributed by atoms with E-state index in [4.69, 9.17) is 10.8 Å². The SMILES string of the molecule is C#CCn1c(=O)c2c(nc(/C=C/c3ccco3)n2C)n(C)c1=O. The van der Waals surface area contributed by atoms with Crippen LogP contribution in [-0.4, -0.2) is 18.7 Å². The number of terminal acetylenes is 1. The summed E-state index contributed by atoms with van der Waals surface area (Å²) < 4.78 is 9.18. The zero-order valence-corrected chi connectivity index (χ0v) is 12.7. The quantitative estimate of drug-likeness (QED) is 0.672. The van der Waals surface area contributed by atoms with Crippen LogP contribution in [-0.2, 0) is 20.6 Å². The average Bonchev–Trinajstić information content (AvgIpc) is 3.15. The first-order valence-electron chi connectivity index (χ1n) is 6.86. The molecule has 3 heterocycles. The number of aryl methyl sites for hydroxylation is 2. The number of nitrogens with zero attached hydrogens (tertiary/aromatic N) is 4. The Kier molecular flexibility index (Phi) is 3.50. The van der Waals surface area contributed by atoms with E-state index < -0.39 is 11.2 Å². The number of aromatic nitrogens is 4. The Hall–Kier alpha value is -3.27.